The first-order valence-corrected chi connectivity index (χ1v) is 6.49. The van der Waals surface area contributed by atoms with Crippen LogP contribution in [0.2, 0.25) is 0 Å². The van der Waals surface area contributed by atoms with Gasteiger partial charge in [0.1, 0.15) is 0 Å². The lowest BCUT2D eigenvalue weighted by Gasteiger charge is -2.21. The molecule has 2 heterocycles. The highest BCUT2D eigenvalue weighted by molar-refractivity contribution is 5.17. The van der Waals surface area contributed by atoms with Crippen LogP contribution in [0, 0.1) is 11.8 Å². The zero-order chi connectivity index (χ0) is 11.7. The zero-order valence-electron chi connectivity index (χ0n) is 10.0. The van der Waals surface area contributed by atoms with Gasteiger partial charge in [-0.3, -0.25) is 4.90 Å². The fourth-order valence-electron chi connectivity index (χ4n) is 3.13. The molecule has 0 spiro atoms. The van der Waals surface area contributed by atoms with Crippen molar-refractivity contribution in [1.29, 1.82) is 0 Å². The molecule has 0 saturated carbocycles. The second-order valence-electron chi connectivity index (χ2n) is 5.32. The first kappa shape index (κ1) is 11.2. The molecule has 3 unspecified atom stereocenters. The van der Waals surface area contributed by atoms with Gasteiger partial charge in [0.2, 0.25) is 0 Å². The van der Waals surface area contributed by atoms with Crippen LogP contribution in [0.15, 0.2) is 30.3 Å². The van der Waals surface area contributed by atoms with Crippen molar-refractivity contribution in [3.8, 4) is 0 Å². The molecule has 3 heteroatoms. The molecule has 0 aliphatic carbocycles. The number of fused-ring (bicyclic) bond motifs is 1. The summed E-state index contributed by atoms with van der Waals surface area (Å²) >= 11 is 0. The molecule has 2 aliphatic heterocycles. The SMILES string of the molecule is OC(CN1CC2CNCC2C1)c1ccccc1. The predicted molar refractivity (Wildman–Crippen MR) is 67.7 cm³/mol. The molecule has 0 aromatic heterocycles. The standard InChI is InChI=1S/C14H20N2O/c17-14(11-4-2-1-3-5-11)10-16-8-12-6-15-7-13(12)9-16/h1-5,12-15,17H,6-10H2. The lowest BCUT2D eigenvalue weighted by Crippen LogP contribution is -2.29. The third-order valence-corrected chi connectivity index (χ3v) is 4.08. The number of aliphatic hydroxyl groups is 1. The van der Waals surface area contributed by atoms with Crippen LogP contribution in [0.5, 0.6) is 0 Å². The first-order chi connectivity index (χ1) is 8.33. The van der Waals surface area contributed by atoms with Crippen molar-refractivity contribution in [1.82, 2.24) is 10.2 Å². The summed E-state index contributed by atoms with van der Waals surface area (Å²) in [6.45, 7) is 5.37. The molecule has 2 aliphatic rings. The molecule has 3 rings (SSSR count). The fourth-order valence-corrected chi connectivity index (χ4v) is 3.13. The molecule has 0 amide bonds. The summed E-state index contributed by atoms with van der Waals surface area (Å²) in [5.41, 5.74) is 1.03. The van der Waals surface area contributed by atoms with E-state index in [1.807, 2.05) is 30.3 Å². The second kappa shape index (κ2) is 4.77. The van der Waals surface area contributed by atoms with Crippen molar-refractivity contribution in [2.45, 2.75) is 6.10 Å². The normalized spacial score (nSPS) is 30.4. The van der Waals surface area contributed by atoms with Gasteiger partial charge in [0.05, 0.1) is 6.10 Å². The van der Waals surface area contributed by atoms with Crippen LogP contribution in [0.1, 0.15) is 11.7 Å². The van der Waals surface area contributed by atoms with Crippen molar-refractivity contribution in [3.63, 3.8) is 0 Å². The van der Waals surface area contributed by atoms with E-state index < -0.39 is 0 Å². The number of likely N-dealkylation sites (tertiary alicyclic amines) is 1. The van der Waals surface area contributed by atoms with E-state index in [4.69, 9.17) is 0 Å². The number of nitrogens with zero attached hydrogens (tertiary/aromatic N) is 1. The summed E-state index contributed by atoms with van der Waals surface area (Å²) in [4.78, 5) is 2.41. The summed E-state index contributed by atoms with van der Waals surface area (Å²) in [5, 5.41) is 13.6. The van der Waals surface area contributed by atoms with Crippen molar-refractivity contribution < 1.29 is 5.11 Å². The predicted octanol–water partition coefficient (Wildman–Crippen LogP) is 0.871. The van der Waals surface area contributed by atoms with Crippen molar-refractivity contribution in [2.75, 3.05) is 32.7 Å². The quantitative estimate of drug-likeness (QED) is 0.812. The summed E-state index contributed by atoms with van der Waals surface area (Å²) < 4.78 is 0. The summed E-state index contributed by atoms with van der Waals surface area (Å²) in [7, 11) is 0. The van der Waals surface area contributed by atoms with E-state index in [0.29, 0.717) is 0 Å². The minimum absolute atomic E-state index is 0.344. The topological polar surface area (TPSA) is 35.5 Å². The molecule has 2 saturated heterocycles. The number of aliphatic hydroxyl groups excluding tert-OH is 1. The maximum atomic E-state index is 10.2. The van der Waals surface area contributed by atoms with Gasteiger partial charge in [0.25, 0.3) is 0 Å². The molecule has 3 atom stereocenters. The number of hydrogen-bond acceptors (Lipinski definition) is 3. The van der Waals surface area contributed by atoms with E-state index >= 15 is 0 Å². The Kier molecular flexibility index (Phi) is 3.14. The van der Waals surface area contributed by atoms with Crippen LogP contribution in [-0.2, 0) is 0 Å². The Morgan fingerprint density at radius 2 is 1.82 bits per heavy atom. The van der Waals surface area contributed by atoms with Gasteiger partial charge in [-0.25, -0.2) is 0 Å². The smallest absolute Gasteiger partial charge is 0.0916 e. The molecule has 2 N–H and O–H groups in total. The minimum atomic E-state index is -0.344. The van der Waals surface area contributed by atoms with E-state index in [-0.39, 0.29) is 6.10 Å². The molecular weight excluding hydrogens is 212 g/mol. The van der Waals surface area contributed by atoms with Crippen LogP contribution in [-0.4, -0.2) is 42.7 Å². The Hall–Kier alpha value is -0.900. The van der Waals surface area contributed by atoms with E-state index in [9.17, 15) is 5.11 Å². The maximum absolute atomic E-state index is 10.2. The van der Waals surface area contributed by atoms with Crippen LogP contribution in [0.3, 0.4) is 0 Å². The van der Waals surface area contributed by atoms with Crippen molar-refractivity contribution >= 4 is 0 Å². The molecular formula is C14H20N2O. The molecule has 1 aromatic carbocycles. The Morgan fingerprint density at radius 1 is 1.18 bits per heavy atom. The van der Waals surface area contributed by atoms with Gasteiger partial charge in [0, 0.05) is 19.6 Å². The third kappa shape index (κ3) is 2.37. The average molecular weight is 232 g/mol. The van der Waals surface area contributed by atoms with Crippen LogP contribution in [0.25, 0.3) is 0 Å². The monoisotopic (exact) mass is 232 g/mol. The van der Waals surface area contributed by atoms with E-state index in [0.717, 1.165) is 50.1 Å². The lowest BCUT2D eigenvalue weighted by atomic mass is 10.0. The first-order valence-electron chi connectivity index (χ1n) is 6.49. The molecule has 2 fully saturated rings. The Balaban J connectivity index is 1.58. The number of hydrogen-bond donors (Lipinski definition) is 2. The van der Waals surface area contributed by atoms with Crippen LogP contribution < -0.4 is 5.32 Å². The maximum Gasteiger partial charge on any atom is 0.0916 e. The Bertz CT molecular complexity index is 356. The molecule has 0 bridgehead atoms. The minimum Gasteiger partial charge on any atom is -0.387 e. The number of benzene rings is 1. The molecule has 0 radical (unpaired) electrons. The molecule has 17 heavy (non-hydrogen) atoms. The van der Waals surface area contributed by atoms with Gasteiger partial charge in [0.15, 0.2) is 0 Å². The summed E-state index contributed by atoms with van der Waals surface area (Å²) in [6.07, 6.45) is -0.344. The van der Waals surface area contributed by atoms with E-state index in [1.165, 1.54) is 0 Å². The molecule has 92 valence electrons. The van der Waals surface area contributed by atoms with Gasteiger partial charge in [-0.1, -0.05) is 30.3 Å². The number of rotatable bonds is 3. The number of β-amino-alcohol motifs (C(OH)–C–C–N with tert-alkyl or cyclic N) is 1. The van der Waals surface area contributed by atoms with Crippen molar-refractivity contribution in [3.05, 3.63) is 35.9 Å². The van der Waals surface area contributed by atoms with E-state index in [1.54, 1.807) is 0 Å². The van der Waals surface area contributed by atoms with Crippen LogP contribution >= 0.6 is 0 Å². The second-order valence-corrected chi connectivity index (χ2v) is 5.32. The lowest BCUT2D eigenvalue weighted by molar-refractivity contribution is 0.122. The highest BCUT2D eigenvalue weighted by atomic mass is 16.3. The van der Waals surface area contributed by atoms with Gasteiger partial charge < -0.3 is 10.4 Å². The summed E-state index contributed by atoms with van der Waals surface area (Å²) in [5.74, 6) is 1.61. The van der Waals surface area contributed by atoms with Gasteiger partial charge in [-0.05, 0) is 30.5 Å². The average Bonchev–Trinajstić information content (AvgIpc) is 2.90. The Labute approximate surface area is 102 Å². The van der Waals surface area contributed by atoms with Crippen LogP contribution in [0.4, 0.5) is 0 Å². The molecule has 3 nitrogen and oxygen atoms in total. The molecule has 1 aromatic rings. The third-order valence-electron chi connectivity index (χ3n) is 4.08. The fraction of sp³-hybridized carbons (Fsp3) is 0.571. The van der Waals surface area contributed by atoms with E-state index in [2.05, 4.69) is 10.2 Å². The van der Waals surface area contributed by atoms with Gasteiger partial charge in [-0.15, -0.1) is 0 Å². The van der Waals surface area contributed by atoms with Crippen molar-refractivity contribution in [2.24, 2.45) is 11.8 Å². The highest BCUT2D eigenvalue weighted by Crippen LogP contribution is 2.27. The zero-order valence-corrected chi connectivity index (χ0v) is 10.0. The van der Waals surface area contributed by atoms with Gasteiger partial charge in [-0.2, -0.15) is 0 Å². The number of nitrogens with one attached hydrogen (secondary N) is 1. The van der Waals surface area contributed by atoms with Gasteiger partial charge >= 0.3 is 0 Å². The summed E-state index contributed by atoms with van der Waals surface area (Å²) in [6, 6.07) is 9.97. The Morgan fingerprint density at radius 3 is 2.47 bits per heavy atom. The highest BCUT2D eigenvalue weighted by Gasteiger charge is 2.36. The largest absolute Gasteiger partial charge is 0.387 e.